The van der Waals surface area contributed by atoms with Gasteiger partial charge in [-0.1, -0.05) is 40.5 Å². The molecule has 0 aromatic carbocycles. The van der Waals surface area contributed by atoms with E-state index in [-0.39, 0.29) is 0 Å². The molecule has 2 unspecified atom stereocenters. The first kappa shape index (κ1) is 10.5. The van der Waals surface area contributed by atoms with E-state index >= 15 is 0 Å². The standard InChI is InChI=1S/C14H26/c1-10(2)14(11(3)4)12-7-5-6-8-13(14)9-12/h10-13H,5-9H2,1-4H3. The minimum Gasteiger partial charge on any atom is -0.0622 e. The molecule has 3 fully saturated rings. The second-order valence-electron chi connectivity index (χ2n) is 6.22. The Bertz CT molecular complexity index is 176. The van der Waals surface area contributed by atoms with Crippen molar-refractivity contribution in [3.63, 3.8) is 0 Å². The van der Waals surface area contributed by atoms with Gasteiger partial charge in [0.1, 0.15) is 0 Å². The molecule has 14 heavy (non-hydrogen) atoms. The van der Waals surface area contributed by atoms with E-state index in [0.717, 1.165) is 29.1 Å². The van der Waals surface area contributed by atoms with Crippen molar-refractivity contribution in [1.82, 2.24) is 0 Å². The normalized spacial score (nSPS) is 35.6. The van der Waals surface area contributed by atoms with Gasteiger partial charge in [-0.25, -0.2) is 0 Å². The SMILES string of the molecule is CC(C)C1(C(C)C)C2CCCCC1C2. The zero-order valence-electron chi connectivity index (χ0n) is 10.3. The molecule has 3 aliphatic rings. The molecule has 2 bridgehead atoms. The Morgan fingerprint density at radius 1 is 0.857 bits per heavy atom. The third-order valence-corrected chi connectivity index (χ3v) is 5.34. The van der Waals surface area contributed by atoms with Crippen LogP contribution in [0.2, 0.25) is 0 Å². The van der Waals surface area contributed by atoms with E-state index in [2.05, 4.69) is 27.7 Å². The second-order valence-corrected chi connectivity index (χ2v) is 6.22. The summed E-state index contributed by atoms with van der Waals surface area (Å²) in [6.07, 6.45) is 7.60. The minimum absolute atomic E-state index is 0.719. The highest BCUT2D eigenvalue weighted by molar-refractivity contribution is 5.06. The Balaban J connectivity index is 2.26. The van der Waals surface area contributed by atoms with Gasteiger partial charge in [0.2, 0.25) is 0 Å². The fourth-order valence-corrected chi connectivity index (χ4v) is 4.99. The van der Waals surface area contributed by atoms with Crippen LogP contribution in [0.25, 0.3) is 0 Å². The maximum atomic E-state index is 2.46. The number of fused-ring (bicyclic) bond motifs is 3. The molecule has 0 nitrogen and oxygen atoms in total. The van der Waals surface area contributed by atoms with Gasteiger partial charge in [-0.15, -0.1) is 0 Å². The van der Waals surface area contributed by atoms with Gasteiger partial charge >= 0.3 is 0 Å². The first-order valence-corrected chi connectivity index (χ1v) is 6.60. The predicted octanol–water partition coefficient (Wildman–Crippen LogP) is 4.49. The zero-order chi connectivity index (χ0) is 10.3. The van der Waals surface area contributed by atoms with Gasteiger partial charge in [-0.2, -0.15) is 0 Å². The fourth-order valence-electron chi connectivity index (χ4n) is 4.99. The molecular formula is C14H26. The lowest BCUT2D eigenvalue weighted by molar-refractivity contribution is -0.127. The van der Waals surface area contributed by atoms with E-state index in [4.69, 9.17) is 0 Å². The van der Waals surface area contributed by atoms with Crippen LogP contribution in [0.3, 0.4) is 0 Å². The topological polar surface area (TPSA) is 0 Å². The Morgan fingerprint density at radius 2 is 1.29 bits per heavy atom. The average molecular weight is 194 g/mol. The molecule has 3 aliphatic carbocycles. The zero-order valence-corrected chi connectivity index (χ0v) is 10.3. The van der Waals surface area contributed by atoms with E-state index in [1.54, 1.807) is 6.42 Å². The summed E-state index contributed by atoms with van der Waals surface area (Å²) in [5, 5.41) is 0. The molecule has 0 spiro atoms. The van der Waals surface area contributed by atoms with Crippen LogP contribution in [-0.2, 0) is 0 Å². The summed E-state index contributed by atoms with van der Waals surface area (Å²) in [6, 6.07) is 0. The largest absolute Gasteiger partial charge is 0.0622 e. The predicted molar refractivity (Wildman–Crippen MR) is 62.2 cm³/mol. The number of rotatable bonds is 2. The van der Waals surface area contributed by atoms with Crippen LogP contribution in [-0.4, -0.2) is 0 Å². The molecule has 0 heteroatoms. The van der Waals surface area contributed by atoms with Gasteiger partial charge in [-0.3, -0.25) is 0 Å². The summed E-state index contributed by atoms with van der Waals surface area (Å²) in [4.78, 5) is 0. The van der Waals surface area contributed by atoms with Gasteiger partial charge < -0.3 is 0 Å². The van der Waals surface area contributed by atoms with Crippen LogP contribution in [0.15, 0.2) is 0 Å². The smallest absolute Gasteiger partial charge is 0.0195 e. The van der Waals surface area contributed by atoms with E-state index in [9.17, 15) is 0 Å². The van der Waals surface area contributed by atoms with E-state index in [0.29, 0.717) is 0 Å². The van der Waals surface area contributed by atoms with Crippen molar-refractivity contribution in [2.75, 3.05) is 0 Å². The van der Waals surface area contributed by atoms with Crippen LogP contribution < -0.4 is 0 Å². The van der Waals surface area contributed by atoms with E-state index in [1.165, 1.54) is 25.7 Å². The van der Waals surface area contributed by atoms with Crippen LogP contribution in [0.5, 0.6) is 0 Å². The van der Waals surface area contributed by atoms with E-state index in [1.807, 2.05) is 0 Å². The van der Waals surface area contributed by atoms with Crippen molar-refractivity contribution in [2.45, 2.75) is 59.8 Å². The molecule has 2 atom stereocenters. The molecule has 0 saturated heterocycles. The molecule has 0 aromatic rings. The molecule has 0 aromatic heterocycles. The first-order valence-electron chi connectivity index (χ1n) is 6.60. The van der Waals surface area contributed by atoms with Crippen LogP contribution in [0, 0.1) is 29.1 Å². The average Bonchev–Trinajstić information content (AvgIpc) is 2.34. The third kappa shape index (κ3) is 1.19. The van der Waals surface area contributed by atoms with E-state index < -0.39 is 0 Å². The lowest BCUT2D eigenvalue weighted by Crippen LogP contribution is -2.55. The van der Waals surface area contributed by atoms with Crippen molar-refractivity contribution in [3.05, 3.63) is 0 Å². The Morgan fingerprint density at radius 3 is 1.64 bits per heavy atom. The number of hydrogen-bond donors (Lipinski definition) is 0. The minimum atomic E-state index is 0.719. The lowest BCUT2D eigenvalue weighted by atomic mass is 9.44. The molecule has 0 amide bonds. The fraction of sp³-hybridized carbons (Fsp3) is 1.00. The van der Waals surface area contributed by atoms with Gasteiger partial charge in [0.25, 0.3) is 0 Å². The van der Waals surface area contributed by atoms with Crippen LogP contribution in [0.1, 0.15) is 59.8 Å². The molecule has 0 aliphatic heterocycles. The monoisotopic (exact) mass is 194 g/mol. The number of hydrogen-bond acceptors (Lipinski definition) is 0. The van der Waals surface area contributed by atoms with Gasteiger partial charge in [0.05, 0.1) is 0 Å². The van der Waals surface area contributed by atoms with Crippen molar-refractivity contribution in [2.24, 2.45) is 29.1 Å². The Hall–Kier alpha value is 0. The van der Waals surface area contributed by atoms with Gasteiger partial charge in [-0.05, 0) is 48.3 Å². The maximum Gasteiger partial charge on any atom is -0.0195 e. The summed E-state index contributed by atoms with van der Waals surface area (Å²) in [5.74, 6) is 3.92. The molecule has 3 saturated carbocycles. The molecular weight excluding hydrogens is 168 g/mol. The van der Waals surface area contributed by atoms with Gasteiger partial charge in [0, 0.05) is 0 Å². The molecule has 0 N–H and O–H groups in total. The highest BCUT2D eigenvalue weighted by Gasteiger charge is 2.57. The van der Waals surface area contributed by atoms with Crippen molar-refractivity contribution >= 4 is 0 Å². The second kappa shape index (κ2) is 3.54. The lowest BCUT2D eigenvalue weighted by Gasteiger charge is -2.61. The summed E-state index contributed by atoms with van der Waals surface area (Å²) in [6.45, 7) is 9.85. The molecule has 82 valence electrons. The molecule has 3 rings (SSSR count). The third-order valence-electron chi connectivity index (χ3n) is 5.34. The quantitative estimate of drug-likeness (QED) is 0.607. The van der Waals surface area contributed by atoms with Crippen LogP contribution in [0.4, 0.5) is 0 Å². The Kier molecular flexibility index (Phi) is 2.66. The molecule has 0 heterocycles. The highest BCUT2D eigenvalue weighted by Crippen LogP contribution is 2.65. The highest BCUT2D eigenvalue weighted by atomic mass is 14.6. The summed E-state index contributed by atoms with van der Waals surface area (Å²) < 4.78 is 0. The van der Waals surface area contributed by atoms with Gasteiger partial charge in [0.15, 0.2) is 0 Å². The maximum absolute atomic E-state index is 2.46. The van der Waals surface area contributed by atoms with Crippen molar-refractivity contribution in [3.8, 4) is 0 Å². The Labute approximate surface area is 89.5 Å². The molecule has 0 radical (unpaired) electrons. The summed E-state index contributed by atoms with van der Waals surface area (Å²) in [7, 11) is 0. The van der Waals surface area contributed by atoms with Crippen LogP contribution >= 0.6 is 0 Å². The van der Waals surface area contributed by atoms with Crippen molar-refractivity contribution < 1.29 is 0 Å². The summed E-state index contributed by atoms with van der Waals surface area (Å²) >= 11 is 0. The first-order chi connectivity index (χ1) is 6.60. The summed E-state index contributed by atoms with van der Waals surface area (Å²) in [5.41, 5.74) is 0.719. The van der Waals surface area contributed by atoms with Crippen molar-refractivity contribution in [1.29, 1.82) is 0 Å².